The first-order valence-corrected chi connectivity index (χ1v) is 5.89. The molecule has 5 heteroatoms. The van der Waals surface area contributed by atoms with Crippen molar-refractivity contribution in [3.63, 3.8) is 0 Å². The molecule has 0 aromatic carbocycles. The lowest BCUT2D eigenvalue weighted by molar-refractivity contribution is -0.147. The SMILES string of the molecule is CC1CCN(CC(O)C(=O)O)CCS1. The van der Waals surface area contributed by atoms with Crippen molar-refractivity contribution in [1.29, 1.82) is 0 Å². The summed E-state index contributed by atoms with van der Waals surface area (Å²) < 4.78 is 0. The summed E-state index contributed by atoms with van der Waals surface area (Å²) in [6.07, 6.45) is -0.176. The molecule has 2 atom stereocenters. The van der Waals surface area contributed by atoms with Crippen LogP contribution in [0.5, 0.6) is 0 Å². The van der Waals surface area contributed by atoms with Gasteiger partial charge in [0.05, 0.1) is 0 Å². The van der Waals surface area contributed by atoms with Crippen molar-refractivity contribution in [2.75, 3.05) is 25.4 Å². The fourth-order valence-electron chi connectivity index (χ4n) is 1.45. The van der Waals surface area contributed by atoms with Crippen molar-refractivity contribution in [1.82, 2.24) is 4.90 Å². The summed E-state index contributed by atoms with van der Waals surface area (Å²) in [6, 6.07) is 0. The third-order valence-corrected chi connectivity index (χ3v) is 3.60. The molecule has 1 fully saturated rings. The number of hydrogen-bond acceptors (Lipinski definition) is 4. The molecule has 0 aromatic heterocycles. The number of β-amino-alcohol motifs (C(OH)–C–C–N with tert-alkyl or cyclic N) is 1. The molecule has 1 aliphatic heterocycles. The number of thioether (sulfide) groups is 1. The van der Waals surface area contributed by atoms with Crippen LogP contribution in [0.25, 0.3) is 0 Å². The van der Waals surface area contributed by atoms with Crippen LogP contribution < -0.4 is 0 Å². The van der Waals surface area contributed by atoms with Crippen LogP contribution in [0.15, 0.2) is 0 Å². The van der Waals surface area contributed by atoms with Gasteiger partial charge in [-0.05, 0) is 13.0 Å². The highest BCUT2D eigenvalue weighted by molar-refractivity contribution is 7.99. The zero-order valence-electron chi connectivity index (χ0n) is 8.35. The number of carboxylic acids is 1. The van der Waals surface area contributed by atoms with E-state index in [4.69, 9.17) is 5.11 Å². The van der Waals surface area contributed by atoms with Gasteiger partial charge in [-0.2, -0.15) is 11.8 Å². The van der Waals surface area contributed by atoms with Crippen LogP contribution in [0.1, 0.15) is 13.3 Å². The molecule has 0 aromatic rings. The van der Waals surface area contributed by atoms with Gasteiger partial charge in [-0.15, -0.1) is 0 Å². The van der Waals surface area contributed by atoms with Crippen LogP contribution in [0.4, 0.5) is 0 Å². The summed E-state index contributed by atoms with van der Waals surface area (Å²) in [5.41, 5.74) is 0. The second-order valence-corrected chi connectivity index (χ2v) is 5.17. The monoisotopic (exact) mass is 219 g/mol. The lowest BCUT2D eigenvalue weighted by atomic mass is 10.2. The number of hydrogen-bond donors (Lipinski definition) is 2. The summed E-state index contributed by atoms with van der Waals surface area (Å²) in [4.78, 5) is 12.5. The van der Waals surface area contributed by atoms with Crippen LogP contribution in [-0.2, 0) is 4.79 Å². The van der Waals surface area contributed by atoms with E-state index in [1.54, 1.807) is 0 Å². The molecule has 1 heterocycles. The zero-order chi connectivity index (χ0) is 10.6. The third-order valence-electron chi connectivity index (χ3n) is 2.38. The smallest absolute Gasteiger partial charge is 0.333 e. The molecule has 2 N–H and O–H groups in total. The molecular formula is C9H17NO3S. The van der Waals surface area contributed by atoms with Gasteiger partial charge in [0.2, 0.25) is 0 Å². The molecule has 1 saturated heterocycles. The number of nitrogens with zero attached hydrogens (tertiary/aromatic N) is 1. The second-order valence-electron chi connectivity index (χ2n) is 3.62. The number of rotatable bonds is 3. The molecule has 4 nitrogen and oxygen atoms in total. The molecular weight excluding hydrogens is 202 g/mol. The number of carboxylic acid groups (broad SMARTS) is 1. The van der Waals surface area contributed by atoms with E-state index >= 15 is 0 Å². The Morgan fingerprint density at radius 3 is 3.00 bits per heavy atom. The van der Waals surface area contributed by atoms with Gasteiger partial charge < -0.3 is 10.2 Å². The lowest BCUT2D eigenvalue weighted by Gasteiger charge is -2.20. The second kappa shape index (κ2) is 5.58. The minimum Gasteiger partial charge on any atom is -0.479 e. The van der Waals surface area contributed by atoms with Gasteiger partial charge in [-0.3, -0.25) is 4.90 Å². The summed E-state index contributed by atoms with van der Waals surface area (Å²) in [5.74, 6) is -0.108. The van der Waals surface area contributed by atoms with E-state index in [9.17, 15) is 9.90 Å². The Bertz CT molecular complexity index is 200. The van der Waals surface area contributed by atoms with E-state index < -0.39 is 12.1 Å². The van der Waals surface area contributed by atoms with Gasteiger partial charge in [-0.1, -0.05) is 6.92 Å². The van der Waals surface area contributed by atoms with Crippen molar-refractivity contribution < 1.29 is 15.0 Å². The highest BCUT2D eigenvalue weighted by Crippen LogP contribution is 2.18. The molecule has 82 valence electrons. The molecule has 1 rings (SSSR count). The highest BCUT2D eigenvalue weighted by Gasteiger charge is 2.20. The Kier molecular flexibility index (Phi) is 4.71. The topological polar surface area (TPSA) is 60.8 Å². The van der Waals surface area contributed by atoms with Crippen LogP contribution >= 0.6 is 11.8 Å². The number of aliphatic hydroxyl groups excluding tert-OH is 1. The van der Waals surface area contributed by atoms with E-state index in [2.05, 4.69) is 6.92 Å². The molecule has 0 saturated carbocycles. The van der Waals surface area contributed by atoms with E-state index in [0.29, 0.717) is 5.25 Å². The fourth-order valence-corrected chi connectivity index (χ4v) is 2.49. The average Bonchev–Trinajstić information content (AvgIpc) is 2.31. The Morgan fingerprint density at radius 1 is 1.64 bits per heavy atom. The van der Waals surface area contributed by atoms with E-state index in [0.717, 1.165) is 25.3 Å². The maximum Gasteiger partial charge on any atom is 0.333 e. The lowest BCUT2D eigenvalue weighted by Crippen LogP contribution is -2.38. The molecule has 0 radical (unpaired) electrons. The molecule has 14 heavy (non-hydrogen) atoms. The van der Waals surface area contributed by atoms with Crippen molar-refractivity contribution in [2.24, 2.45) is 0 Å². The van der Waals surface area contributed by atoms with Gasteiger partial charge in [0.15, 0.2) is 6.10 Å². The summed E-state index contributed by atoms with van der Waals surface area (Å²) in [6.45, 7) is 4.20. The first kappa shape index (κ1) is 11.8. The maximum atomic E-state index is 10.4. The van der Waals surface area contributed by atoms with E-state index in [1.165, 1.54) is 0 Å². The Morgan fingerprint density at radius 2 is 2.36 bits per heavy atom. The van der Waals surface area contributed by atoms with Crippen molar-refractivity contribution in [3.8, 4) is 0 Å². The van der Waals surface area contributed by atoms with Crippen molar-refractivity contribution in [2.45, 2.75) is 24.7 Å². The van der Waals surface area contributed by atoms with E-state index in [1.807, 2.05) is 16.7 Å². The van der Waals surface area contributed by atoms with Gasteiger partial charge >= 0.3 is 5.97 Å². The Hall–Kier alpha value is -0.260. The largest absolute Gasteiger partial charge is 0.479 e. The molecule has 1 aliphatic rings. The molecule has 0 bridgehead atoms. The Balaban J connectivity index is 2.33. The maximum absolute atomic E-state index is 10.4. The van der Waals surface area contributed by atoms with Crippen LogP contribution in [0.3, 0.4) is 0 Å². The standard InChI is InChI=1S/C9H17NO3S/c1-7-2-3-10(4-5-14-7)6-8(11)9(12)13/h7-8,11H,2-6H2,1H3,(H,12,13). The summed E-state index contributed by atoms with van der Waals surface area (Å²) in [7, 11) is 0. The van der Waals surface area contributed by atoms with E-state index in [-0.39, 0.29) is 6.54 Å². The van der Waals surface area contributed by atoms with Crippen LogP contribution in [0, 0.1) is 0 Å². The number of carbonyl (C=O) groups is 1. The minimum absolute atomic E-state index is 0.253. The molecule has 0 amide bonds. The Labute approximate surface area is 88.3 Å². The zero-order valence-corrected chi connectivity index (χ0v) is 9.16. The van der Waals surface area contributed by atoms with Gasteiger partial charge in [-0.25, -0.2) is 4.79 Å². The minimum atomic E-state index is -1.24. The highest BCUT2D eigenvalue weighted by atomic mass is 32.2. The fraction of sp³-hybridized carbons (Fsp3) is 0.889. The number of aliphatic carboxylic acids is 1. The summed E-state index contributed by atoms with van der Waals surface area (Å²) in [5, 5.41) is 18.4. The molecule has 0 aliphatic carbocycles. The van der Waals surface area contributed by atoms with Crippen LogP contribution in [0.2, 0.25) is 0 Å². The molecule has 0 spiro atoms. The van der Waals surface area contributed by atoms with Gasteiger partial charge in [0.25, 0.3) is 0 Å². The summed E-state index contributed by atoms with van der Waals surface area (Å²) >= 11 is 1.91. The molecule has 2 unspecified atom stereocenters. The van der Waals surface area contributed by atoms with Crippen LogP contribution in [-0.4, -0.2) is 57.8 Å². The predicted molar refractivity (Wildman–Crippen MR) is 56.6 cm³/mol. The quantitative estimate of drug-likeness (QED) is 0.713. The van der Waals surface area contributed by atoms with Gasteiger partial charge in [0, 0.05) is 24.1 Å². The normalized spacial score (nSPS) is 26.9. The van der Waals surface area contributed by atoms with Gasteiger partial charge in [0.1, 0.15) is 0 Å². The van der Waals surface area contributed by atoms with Crippen molar-refractivity contribution in [3.05, 3.63) is 0 Å². The predicted octanol–water partition coefficient (Wildman–Crippen LogP) is 0.259. The average molecular weight is 219 g/mol. The van der Waals surface area contributed by atoms with Crippen molar-refractivity contribution >= 4 is 17.7 Å². The number of aliphatic hydroxyl groups is 1. The first-order valence-electron chi connectivity index (χ1n) is 4.84. The first-order chi connectivity index (χ1) is 6.59. The third kappa shape index (κ3) is 3.86.